The molecule has 0 bridgehead atoms. The zero-order chi connectivity index (χ0) is 21.1. The second-order valence-electron chi connectivity index (χ2n) is 7.14. The van der Waals surface area contributed by atoms with E-state index in [1.807, 2.05) is 72.8 Å². The van der Waals surface area contributed by atoms with Gasteiger partial charge in [0.25, 0.3) is 5.91 Å². The zero-order valence-corrected chi connectivity index (χ0v) is 16.3. The summed E-state index contributed by atoms with van der Waals surface area (Å²) in [4.78, 5) is 24.0. The van der Waals surface area contributed by atoms with Gasteiger partial charge >= 0.3 is 5.97 Å². The number of aliphatic carboxylic acids is 1. The number of nitrogens with two attached hydrogens (primary N) is 1. The van der Waals surface area contributed by atoms with Crippen LogP contribution >= 0.6 is 0 Å². The van der Waals surface area contributed by atoms with E-state index in [1.165, 1.54) is 5.01 Å². The summed E-state index contributed by atoms with van der Waals surface area (Å²) < 4.78 is 5.92. The average Bonchev–Trinajstić information content (AvgIpc) is 3.02. The number of fused-ring (bicyclic) bond motifs is 1. The molecule has 1 heterocycles. The number of hydrogen-bond acceptors (Lipinski definition) is 4. The quantitative estimate of drug-likeness (QED) is 0.354. The lowest BCUT2D eigenvalue weighted by Gasteiger charge is -2.20. The number of rotatable bonds is 7. The molecule has 152 valence electrons. The summed E-state index contributed by atoms with van der Waals surface area (Å²) in [6.45, 7) is 0.244. The van der Waals surface area contributed by atoms with Crippen molar-refractivity contribution < 1.29 is 19.4 Å². The molecule has 0 aliphatic carbocycles. The van der Waals surface area contributed by atoms with Crippen LogP contribution in [0.25, 0.3) is 11.1 Å². The molecule has 0 spiro atoms. The fourth-order valence-corrected chi connectivity index (χ4v) is 3.85. The number of hydrazine groups is 1. The summed E-state index contributed by atoms with van der Waals surface area (Å²) in [5, 5.41) is 10.1. The van der Waals surface area contributed by atoms with Crippen LogP contribution in [-0.4, -0.2) is 28.6 Å². The number of benzene rings is 3. The van der Waals surface area contributed by atoms with Crippen molar-refractivity contribution in [2.75, 3.05) is 6.61 Å². The maximum absolute atomic E-state index is 13.2. The molecule has 1 aliphatic rings. The third-order valence-corrected chi connectivity index (χ3v) is 5.19. The van der Waals surface area contributed by atoms with E-state index in [1.54, 1.807) is 0 Å². The highest BCUT2D eigenvalue weighted by molar-refractivity contribution is 6.06. The minimum absolute atomic E-state index is 0.0250. The van der Waals surface area contributed by atoms with Gasteiger partial charge in [-0.2, -0.15) is 0 Å². The molecule has 4 rings (SSSR count). The molecule has 1 unspecified atom stereocenters. The SMILES string of the molecule is NN1C(=O)c2c(ccc(OCCCC(=O)O)c2-c2ccccc2)C1c1ccccc1. The topological polar surface area (TPSA) is 92.9 Å². The summed E-state index contributed by atoms with van der Waals surface area (Å²) in [6, 6.07) is 22.5. The first-order chi connectivity index (χ1) is 14.6. The molecule has 3 aromatic rings. The Morgan fingerprint density at radius 1 is 0.967 bits per heavy atom. The van der Waals surface area contributed by atoms with E-state index in [-0.39, 0.29) is 25.0 Å². The fraction of sp³-hybridized carbons (Fsp3) is 0.167. The number of nitrogens with zero attached hydrogens (tertiary/aromatic N) is 1. The molecule has 1 amide bonds. The summed E-state index contributed by atoms with van der Waals surface area (Å²) in [5.41, 5.74) is 3.81. The second-order valence-corrected chi connectivity index (χ2v) is 7.14. The van der Waals surface area contributed by atoms with Crippen molar-refractivity contribution >= 4 is 11.9 Å². The molecule has 0 saturated carbocycles. The van der Waals surface area contributed by atoms with Gasteiger partial charge in [0.05, 0.1) is 18.2 Å². The van der Waals surface area contributed by atoms with Crippen molar-refractivity contribution in [3.63, 3.8) is 0 Å². The fourth-order valence-electron chi connectivity index (χ4n) is 3.85. The minimum atomic E-state index is -0.865. The monoisotopic (exact) mass is 402 g/mol. The van der Waals surface area contributed by atoms with E-state index in [9.17, 15) is 9.59 Å². The van der Waals surface area contributed by atoms with E-state index >= 15 is 0 Å². The van der Waals surface area contributed by atoms with Crippen molar-refractivity contribution in [1.82, 2.24) is 5.01 Å². The van der Waals surface area contributed by atoms with Gasteiger partial charge < -0.3 is 9.84 Å². The lowest BCUT2D eigenvalue weighted by molar-refractivity contribution is -0.137. The van der Waals surface area contributed by atoms with Crippen LogP contribution in [0.4, 0.5) is 0 Å². The van der Waals surface area contributed by atoms with Crippen LogP contribution in [0.2, 0.25) is 0 Å². The molecular formula is C24H22N2O4. The number of carboxylic acid groups (broad SMARTS) is 1. The van der Waals surface area contributed by atoms with E-state index in [4.69, 9.17) is 15.7 Å². The number of hydrogen-bond donors (Lipinski definition) is 2. The van der Waals surface area contributed by atoms with Gasteiger partial charge in [-0.3, -0.25) is 14.6 Å². The first-order valence-electron chi connectivity index (χ1n) is 9.78. The highest BCUT2D eigenvalue weighted by atomic mass is 16.5. The highest BCUT2D eigenvalue weighted by Gasteiger charge is 2.39. The van der Waals surface area contributed by atoms with E-state index in [2.05, 4.69) is 0 Å². The Bertz CT molecular complexity index is 1070. The van der Waals surface area contributed by atoms with E-state index < -0.39 is 5.97 Å². The number of carbonyl (C=O) groups is 2. The van der Waals surface area contributed by atoms with Crippen molar-refractivity contribution in [1.29, 1.82) is 0 Å². The molecule has 0 fully saturated rings. The van der Waals surface area contributed by atoms with Gasteiger partial charge in [-0.1, -0.05) is 66.7 Å². The second kappa shape index (κ2) is 8.39. The third kappa shape index (κ3) is 3.65. The van der Waals surface area contributed by atoms with Gasteiger partial charge in [0.1, 0.15) is 5.75 Å². The first kappa shape index (κ1) is 19.7. The Labute approximate surface area is 174 Å². The molecule has 0 radical (unpaired) electrons. The molecule has 1 aliphatic heterocycles. The number of carbonyl (C=O) groups excluding carboxylic acids is 1. The maximum atomic E-state index is 13.2. The Morgan fingerprint density at radius 2 is 1.63 bits per heavy atom. The molecule has 30 heavy (non-hydrogen) atoms. The van der Waals surface area contributed by atoms with Gasteiger partial charge in [0.2, 0.25) is 0 Å². The van der Waals surface area contributed by atoms with Crippen LogP contribution in [0.1, 0.15) is 40.4 Å². The predicted molar refractivity (Wildman–Crippen MR) is 113 cm³/mol. The summed E-state index contributed by atoms with van der Waals surface area (Å²) in [6.07, 6.45) is 0.404. The van der Waals surface area contributed by atoms with E-state index in [0.29, 0.717) is 23.3 Å². The van der Waals surface area contributed by atoms with Crippen LogP contribution in [0.3, 0.4) is 0 Å². The molecule has 1 atom stereocenters. The van der Waals surface area contributed by atoms with Crippen molar-refractivity contribution in [2.24, 2.45) is 5.84 Å². The normalized spacial score (nSPS) is 15.2. The van der Waals surface area contributed by atoms with Crippen LogP contribution in [0.15, 0.2) is 72.8 Å². The Morgan fingerprint density at radius 3 is 2.30 bits per heavy atom. The summed E-state index contributed by atoms with van der Waals surface area (Å²) >= 11 is 0. The molecular weight excluding hydrogens is 380 g/mol. The van der Waals surface area contributed by atoms with Crippen LogP contribution in [0.5, 0.6) is 5.75 Å². The lowest BCUT2D eigenvalue weighted by atomic mass is 9.91. The molecule has 6 heteroatoms. The Hall–Kier alpha value is -3.64. The number of carboxylic acids is 1. The van der Waals surface area contributed by atoms with Crippen LogP contribution in [-0.2, 0) is 4.79 Å². The smallest absolute Gasteiger partial charge is 0.303 e. The van der Waals surface area contributed by atoms with Gasteiger partial charge in [-0.25, -0.2) is 5.84 Å². The molecule has 0 aromatic heterocycles. The van der Waals surface area contributed by atoms with Crippen molar-refractivity contribution in [3.8, 4) is 16.9 Å². The van der Waals surface area contributed by atoms with Crippen molar-refractivity contribution in [3.05, 3.63) is 89.5 Å². The van der Waals surface area contributed by atoms with Crippen molar-refractivity contribution in [2.45, 2.75) is 18.9 Å². The lowest BCUT2D eigenvalue weighted by Crippen LogP contribution is -2.35. The first-order valence-corrected chi connectivity index (χ1v) is 9.78. The molecule has 6 nitrogen and oxygen atoms in total. The Kier molecular flexibility index (Phi) is 5.50. The molecule has 0 saturated heterocycles. The largest absolute Gasteiger partial charge is 0.493 e. The standard InChI is InChI=1S/C24H22N2O4/c25-26-23(17-10-5-2-6-11-17)18-13-14-19(30-15-7-12-20(27)28)21(22(18)24(26)29)16-8-3-1-4-9-16/h1-6,8-11,13-14,23H,7,12,15,25H2,(H,27,28). The molecule has 3 N–H and O–H groups in total. The van der Waals surface area contributed by atoms with E-state index in [0.717, 1.165) is 16.7 Å². The average molecular weight is 402 g/mol. The number of amides is 1. The van der Waals surface area contributed by atoms with Gasteiger partial charge in [-0.15, -0.1) is 0 Å². The van der Waals surface area contributed by atoms with Gasteiger partial charge in [0.15, 0.2) is 0 Å². The van der Waals surface area contributed by atoms with Gasteiger partial charge in [0, 0.05) is 12.0 Å². The molecule has 3 aromatic carbocycles. The Balaban J connectivity index is 1.80. The summed E-state index contributed by atoms with van der Waals surface area (Å²) in [7, 11) is 0. The van der Waals surface area contributed by atoms with Gasteiger partial charge in [-0.05, 0) is 29.2 Å². The maximum Gasteiger partial charge on any atom is 0.303 e. The minimum Gasteiger partial charge on any atom is -0.493 e. The zero-order valence-electron chi connectivity index (χ0n) is 16.3. The van der Waals surface area contributed by atoms with Crippen LogP contribution < -0.4 is 10.6 Å². The number of ether oxygens (including phenoxy) is 1. The summed E-state index contributed by atoms with van der Waals surface area (Å²) in [5.74, 6) is 5.64. The van der Waals surface area contributed by atoms with Crippen LogP contribution in [0, 0.1) is 0 Å². The third-order valence-electron chi connectivity index (χ3n) is 5.19. The highest BCUT2D eigenvalue weighted by Crippen LogP contribution is 2.44. The predicted octanol–water partition coefficient (Wildman–Crippen LogP) is 4.02.